The maximum absolute atomic E-state index is 9.54. The van der Waals surface area contributed by atoms with Crippen LogP contribution < -0.4 is 5.32 Å². The summed E-state index contributed by atoms with van der Waals surface area (Å²) in [6.45, 7) is 2.19. The van der Waals surface area contributed by atoms with Crippen LogP contribution in [0.4, 0.5) is 0 Å². The molecular formula is C8H15NO. The van der Waals surface area contributed by atoms with E-state index >= 15 is 0 Å². The molecule has 0 bridgehead atoms. The van der Waals surface area contributed by atoms with Crippen molar-refractivity contribution >= 4 is 0 Å². The molecule has 1 saturated heterocycles. The van der Waals surface area contributed by atoms with Crippen LogP contribution in [0.15, 0.2) is 0 Å². The molecule has 2 nitrogen and oxygen atoms in total. The molecule has 0 radical (unpaired) electrons. The summed E-state index contributed by atoms with van der Waals surface area (Å²) in [5, 5.41) is 12.9. The van der Waals surface area contributed by atoms with Crippen LogP contribution in [0.5, 0.6) is 0 Å². The molecule has 0 unspecified atom stereocenters. The van der Waals surface area contributed by atoms with Crippen molar-refractivity contribution in [2.45, 2.75) is 25.4 Å². The summed E-state index contributed by atoms with van der Waals surface area (Å²) in [7, 11) is 0. The first kappa shape index (κ1) is 6.62. The highest BCUT2D eigenvalue weighted by atomic mass is 16.3. The second-order valence-corrected chi connectivity index (χ2v) is 3.58. The van der Waals surface area contributed by atoms with Gasteiger partial charge >= 0.3 is 0 Å². The van der Waals surface area contributed by atoms with E-state index in [4.69, 9.17) is 0 Å². The highest BCUT2D eigenvalue weighted by Gasteiger charge is 2.35. The van der Waals surface area contributed by atoms with Gasteiger partial charge in [0.25, 0.3) is 0 Å². The minimum Gasteiger partial charge on any atom is -0.393 e. The molecule has 2 N–H and O–H groups in total. The van der Waals surface area contributed by atoms with Crippen molar-refractivity contribution in [3.05, 3.63) is 0 Å². The molecule has 1 aliphatic heterocycles. The van der Waals surface area contributed by atoms with Gasteiger partial charge < -0.3 is 10.4 Å². The Morgan fingerprint density at radius 3 is 2.90 bits per heavy atom. The summed E-state index contributed by atoms with van der Waals surface area (Å²) in [4.78, 5) is 0. The number of rotatable bonds is 0. The minimum atomic E-state index is -0.00579. The quantitative estimate of drug-likeness (QED) is 0.510. The second kappa shape index (κ2) is 2.51. The lowest BCUT2D eigenvalue weighted by Gasteiger charge is -2.28. The molecule has 10 heavy (non-hydrogen) atoms. The van der Waals surface area contributed by atoms with E-state index in [2.05, 4.69) is 5.32 Å². The van der Waals surface area contributed by atoms with Gasteiger partial charge in [-0.15, -0.1) is 0 Å². The van der Waals surface area contributed by atoms with Crippen molar-refractivity contribution in [3.63, 3.8) is 0 Å². The Hall–Kier alpha value is -0.0800. The van der Waals surface area contributed by atoms with Crippen molar-refractivity contribution in [3.8, 4) is 0 Å². The van der Waals surface area contributed by atoms with Gasteiger partial charge in [0.05, 0.1) is 6.10 Å². The van der Waals surface area contributed by atoms with Crippen LogP contribution in [0.3, 0.4) is 0 Å². The first-order valence-electron chi connectivity index (χ1n) is 4.26. The third kappa shape index (κ3) is 0.956. The standard InChI is InChI=1S/C8H15NO/c10-8-3-1-2-6-4-9-5-7(6)8/h6-10H,1-5H2/t6-,7+,8-/m0/s1. The van der Waals surface area contributed by atoms with Gasteiger partial charge in [0.1, 0.15) is 0 Å². The lowest BCUT2D eigenvalue weighted by Crippen LogP contribution is -2.31. The molecule has 1 saturated carbocycles. The highest BCUT2D eigenvalue weighted by molar-refractivity contribution is 4.89. The van der Waals surface area contributed by atoms with Crippen molar-refractivity contribution in [1.29, 1.82) is 0 Å². The normalized spacial score (nSPS) is 47.1. The molecule has 2 aliphatic rings. The van der Waals surface area contributed by atoms with E-state index in [0.29, 0.717) is 5.92 Å². The smallest absolute Gasteiger partial charge is 0.0583 e. The molecule has 1 heterocycles. The predicted octanol–water partition coefficient (Wildman–Crippen LogP) is 0.367. The lowest BCUT2D eigenvalue weighted by atomic mass is 9.80. The van der Waals surface area contributed by atoms with E-state index in [1.165, 1.54) is 12.8 Å². The maximum atomic E-state index is 9.54. The first-order valence-corrected chi connectivity index (χ1v) is 4.26. The molecular weight excluding hydrogens is 126 g/mol. The topological polar surface area (TPSA) is 32.3 Å². The fraction of sp³-hybridized carbons (Fsp3) is 1.00. The first-order chi connectivity index (χ1) is 4.88. The summed E-state index contributed by atoms with van der Waals surface area (Å²) in [5.74, 6) is 1.36. The van der Waals surface area contributed by atoms with Crippen molar-refractivity contribution in [1.82, 2.24) is 5.32 Å². The Kier molecular flexibility index (Phi) is 1.66. The second-order valence-electron chi connectivity index (χ2n) is 3.58. The molecule has 2 heteroatoms. The SMILES string of the molecule is O[C@H]1CCC[C@H]2CNC[C@H]21. The Morgan fingerprint density at radius 2 is 2.10 bits per heavy atom. The summed E-state index contributed by atoms with van der Waals surface area (Å²) >= 11 is 0. The number of aliphatic hydroxyl groups is 1. The molecule has 2 fully saturated rings. The number of fused-ring (bicyclic) bond motifs is 1. The third-order valence-electron chi connectivity index (χ3n) is 2.96. The fourth-order valence-electron chi connectivity index (χ4n) is 2.32. The van der Waals surface area contributed by atoms with Crippen LogP contribution in [-0.4, -0.2) is 24.3 Å². The molecule has 0 aromatic rings. The molecule has 0 amide bonds. The van der Waals surface area contributed by atoms with E-state index < -0.39 is 0 Å². The number of aliphatic hydroxyl groups excluding tert-OH is 1. The third-order valence-corrected chi connectivity index (χ3v) is 2.96. The van der Waals surface area contributed by atoms with Gasteiger partial charge in [0.2, 0.25) is 0 Å². The van der Waals surface area contributed by atoms with E-state index in [1.54, 1.807) is 0 Å². The van der Waals surface area contributed by atoms with Crippen molar-refractivity contribution in [2.24, 2.45) is 11.8 Å². The van der Waals surface area contributed by atoms with Gasteiger partial charge in [-0.1, -0.05) is 6.42 Å². The van der Waals surface area contributed by atoms with Gasteiger partial charge in [0, 0.05) is 12.5 Å². The average Bonchev–Trinajstić information content (AvgIpc) is 2.36. The van der Waals surface area contributed by atoms with Gasteiger partial charge in [0.15, 0.2) is 0 Å². The Labute approximate surface area is 61.6 Å². The van der Waals surface area contributed by atoms with Crippen LogP contribution in [0, 0.1) is 11.8 Å². The predicted molar refractivity (Wildman–Crippen MR) is 39.7 cm³/mol. The average molecular weight is 141 g/mol. The van der Waals surface area contributed by atoms with Crippen LogP contribution >= 0.6 is 0 Å². The molecule has 1 aliphatic carbocycles. The highest BCUT2D eigenvalue weighted by Crippen LogP contribution is 2.32. The maximum Gasteiger partial charge on any atom is 0.0583 e. The number of hydrogen-bond acceptors (Lipinski definition) is 2. The van der Waals surface area contributed by atoms with Crippen LogP contribution in [0.2, 0.25) is 0 Å². The van der Waals surface area contributed by atoms with Crippen molar-refractivity contribution < 1.29 is 5.11 Å². The van der Waals surface area contributed by atoms with E-state index in [0.717, 1.165) is 25.4 Å². The monoisotopic (exact) mass is 141 g/mol. The summed E-state index contributed by atoms with van der Waals surface area (Å²) < 4.78 is 0. The Bertz CT molecular complexity index is 126. The Balaban J connectivity index is 2.03. The molecule has 2 rings (SSSR count). The molecule has 0 aromatic carbocycles. The molecule has 58 valence electrons. The molecule has 0 aromatic heterocycles. The fourth-order valence-corrected chi connectivity index (χ4v) is 2.32. The van der Waals surface area contributed by atoms with Gasteiger partial charge in [-0.3, -0.25) is 0 Å². The van der Waals surface area contributed by atoms with Crippen LogP contribution in [0.1, 0.15) is 19.3 Å². The van der Waals surface area contributed by atoms with Gasteiger partial charge in [-0.05, 0) is 25.3 Å². The zero-order chi connectivity index (χ0) is 6.97. The zero-order valence-electron chi connectivity index (χ0n) is 6.21. The lowest BCUT2D eigenvalue weighted by molar-refractivity contribution is 0.0563. The summed E-state index contributed by atoms with van der Waals surface area (Å²) in [6.07, 6.45) is 3.58. The summed E-state index contributed by atoms with van der Waals surface area (Å²) in [6, 6.07) is 0. The molecule has 0 spiro atoms. The number of nitrogens with one attached hydrogen (secondary N) is 1. The summed E-state index contributed by atoms with van der Waals surface area (Å²) in [5.41, 5.74) is 0. The minimum absolute atomic E-state index is 0.00579. The van der Waals surface area contributed by atoms with E-state index in [-0.39, 0.29) is 6.10 Å². The Morgan fingerprint density at radius 1 is 1.20 bits per heavy atom. The largest absolute Gasteiger partial charge is 0.393 e. The van der Waals surface area contributed by atoms with Gasteiger partial charge in [-0.2, -0.15) is 0 Å². The van der Waals surface area contributed by atoms with Crippen LogP contribution in [0.25, 0.3) is 0 Å². The molecule has 3 atom stereocenters. The zero-order valence-corrected chi connectivity index (χ0v) is 6.21. The van der Waals surface area contributed by atoms with Crippen LogP contribution in [-0.2, 0) is 0 Å². The van der Waals surface area contributed by atoms with Crippen molar-refractivity contribution in [2.75, 3.05) is 13.1 Å². The van der Waals surface area contributed by atoms with E-state index in [9.17, 15) is 5.11 Å². The van der Waals surface area contributed by atoms with Gasteiger partial charge in [-0.25, -0.2) is 0 Å². The van der Waals surface area contributed by atoms with E-state index in [1.807, 2.05) is 0 Å². The number of hydrogen-bond donors (Lipinski definition) is 2.